The van der Waals surface area contributed by atoms with E-state index >= 15 is 0 Å². The molecular formula is C28H29F2N7O. The zero-order valence-electron chi connectivity index (χ0n) is 21.5. The van der Waals surface area contributed by atoms with Gasteiger partial charge in [-0.15, -0.1) is 0 Å². The van der Waals surface area contributed by atoms with Crippen LogP contribution < -0.4 is 10.6 Å². The Morgan fingerprint density at radius 1 is 1.11 bits per heavy atom. The summed E-state index contributed by atoms with van der Waals surface area (Å²) in [5.74, 6) is -0.231. The second-order valence-electron chi connectivity index (χ2n) is 9.90. The number of fused-ring (bicyclic) bond motifs is 2. The topological polar surface area (TPSA) is 81.8 Å². The molecule has 1 aliphatic heterocycles. The molecule has 1 saturated heterocycles. The predicted octanol–water partition coefficient (Wildman–Crippen LogP) is 5.35. The molecule has 0 radical (unpaired) electrons. The fourth-order valence-electron chi connectivity index (χ4n) is 5.21. The van der Waals surface area contributed by atoms with Gasteiger partial charge in [0.05, 0.1) is 31.0 Å². The number of halogens is 2. The molecule has 0 spiro atoms. The number of ether oxygens (including phenoxy) is 1. The molecular weight excluding hydrogens is 488 g/mol. The number of nitrogens with one attached hydrogen (secondary N) is 2. The van der Waals surface area contributed by atoms with Crippen LogP contribution in [-0.2, 0) is 11.3 Å². The molecule has 1 atom stereocenters. The Morgan fingerprint density at radius 3 is 2.76 bits per heavy atom. The third-order valence-electron chi connectivity index (χ3n) is 6.89. The summed E-state index contributed by atoms with van der Waals surface area (Å²) in [6.45, 7) is 9.04. The Balaban J connectivity index is 1.29. The molecule has 196 valence electrons. The van der Waals surface area contributed by atoms with Gasteiger partial charge in [0.1, 0.15) is 17.0 Å². The quantitative estimate of drug-likeness (QED) is 0.316. The standard InChI is InChI=1S/C28H29F2N7O/c1-16(2)37-17(3)33-27-22(29)11-19(12-25(27)37)26-23(30)14-32-28(35-26)34-20-4-5-24-18(10-20)6-8-36(24)15-21-13-31-7-9-38-21/h4-6,8,10-12,14,16,21,31H,7,9,13,15H2,1-3H3,(H,32,34,35). The summed E-state index contributed by atoms with van der Waals surface area (Å²) in [5, 5.41) is 7.57. The smallest absolute Gasteiger partial charge is 0.227 e. The molecule has 0 amide bonds. The van der Waals surface area contributed by atoms with Crippen LogP contribution in [0.15, 0.2) is 48.8 Å². The molecule has 6 rings (SSSR count). The average molecular weight is 518 g/mol. The zero-order valence-corrected chi connectivity index (χ0v) is 21.5. The van der Waals surface area contributed by atoms with Crippen molar-refractivity contribution in [1.29, 1.82) is 0 Å². The normalized spacial score (nSPS) is 16.1. The first-order valence-electron chi connectivity index (χ1n) is 12.8. The van der Waals surface area contributed by atoms with Crippen LogP contribution in [0.5, 0.6) is 0 Å². The number of aryl methyl sites for hydroxylation is 1. The number of rotatable bonds is 6. The second kappa shape index (κ2) is 9.77. The second-order valence-corrected chi connectivity index (χ2v) is 9.90. The predicted molar refractivity (Wildman–Crippen MR) is 144 cm³/mol. The molecule has 1 fully saturated rings. The van der Waals surface area contributed by atoms with E-state index in [1.165, 1.54) is 6.07 Å². The molecule has 2 N–H and O–H groups in total. The van der Waals surface area contributed by atoms with Crippen molar-refractivity contribution >= 4 is 33.6 Å². The van der Waals surface area contributed by atoms with E-state index in [1.807, 2.05) is 55.8 Å². The number of morpholine rings is 1. The van der Waals surface area contributed by atoms with Gasteiger partial charge in [-0.05, 0) is 57.2 Å². The molecule has 3 aromatic heterocycles. The van der Waals surface area contributed by atoms with Crippen LogP contribution in [0.4, 0.5) is 20.4 Å². The molecule has 2 aromatic carbocycles. The molecule has 4 heterocycles. The minimum atomic E-state index is -0.631. The number of aromatic nitrogens is 5. The van der Waals surface area contributed by atoms with Gasteiger partial charge in [-0.25, -0.2) is 23.7 Å². The van der Waals surface area contributed by atoms with Crippen molar-refractivity contribution < 1.29 is 13.5 Å². The van der Waals surface area contributed by atoms with E-state index in [-0.39, 0.29) is 29.3 Å². The lowest BCUT2D eigenvalue weighted by atomic mass is 10.1. The highest BCUT2D eigenvalue weighted by molar-refractivity contribution is 5.85. The maximum atomic E-state index is 15.0. The number of imidazole rings is 1. The molecule has 0 saturated carbocycles. The number of hydrogen-bond acceptors (Lipinski definition) is 6. The lowest BCUT2D eigenvalue weighted by Crippen LogP contribution is -2.40. The maximum absolute atomic E-state index is 15.0. The van der Waals surface area contributed by atoms with Crippen molar-refractivity contribution in [3.8, 4) is 11.3 Å². The molecule has 8 nitrogen and oxygen atoms in total. The number of benzene rings is 2. The van der Waals surface area contributed by atoms with Crippen molar-refractivity contribution in [3.05, 3.63) is 66.3 Å². The molecule has 1 aliphatic rings. The van der Waals surface area contributed by atoms with Gasteiger partial charge in [0.2, 0.25) is 5.95 Å². The Labute approximate surface area is 218 Å². The van der Waals surface area contributed by atoms with Crippen LogP contribution in [0.3, 0.4) is 0 Å². The van der Waals surface area contributed by atoms with Crippen LogP contribution in [0.2, 0.25) is 0 Å². The van der Waals surface area contributed by atoms with Gasteiger partial charge in [0.15, 0.2) is 11.6 Å². The van der Waals surface area contributed by atoms with Crippen LogP contribution in [-0.4, -0.2) is 49.9 Å². The Hall–Kier alpha value is -3.89. The monoisotopic (exact) mass is 517 g/mol. The first-order valence-corrected chi connectivity index (χ1v) is 12.8. The summed E-state index contributed by atoms with van der Waals surface area (Å²) in [7, 11) is 0. The molecule has 1 unspecified atom stereocenters. The van der Waals surface area contributed by atoms with Crippen LogP contribution in [0.1, 0.15) is 25.7 Å². The fourth-order valence-corrected chi connectivity index (χ4v) is 5.21. The molecule has 38 heavy (non-hydrogen) atoms. The van der Waals surface area contributed by atoms with Gasteiger partial charge in [0.25, 0.3) is 0 Å². The van der Waals surface area contributed by atoms with E-state index in [4.69, 9.17) is 4.74 Å². The largest absolute Gasteiger partial charge is 0.374 e. The Bertz CT molecular complexity index is 1640. The molecule has 5 aromatic rings. The van der Waals surface area contributed by atoms with Gasteiger partial charge in [-0.2, -0.15) is 0 Å². The summed E-state index contributed by atoms with van der Waals surface area (Å²) in [6.07, 6.45) is 3.29. The number of nitrogens with zero attached hydrogens (tertiary/aromatic N) is 5. The number of anilines is 2. The maximum Gasteiger partial charge on any atom is 0.227 e. The lowest BCUT2D eigenvalue weighted by molar-refractivity contribution is 0.0189. The third kappa shape index (κ3) is 4.50. The van der Waals surface area contributed by atoms with Crippen molar-refractivity contribution in [3.63, 3.8) is 0 Å². The minimum Gasteiger partial charge on any atom is -0.374 e. The fraction of sp³-hybridized carbons (Fsp3) is 0.321. The molecule has 0 aliphatic carbocycles. The Morgan fingerprint density at radius 2 is 1.97 bits per heavy atom. The summed E-state index contributed by atoms with van der Waals surface area (Å²) in [5.41, 5.74) is 3.06. The highest BCUT2D eigenvalue weighted by atomic mass is 19.1. The highest BCUT2D eigenvalue weighted by Crippen LogP contribution is 2.31. The highest BCUT2D eigenvalue weighted by Gasteiger charge is 2.19. The van der Waals surface area contributed by atoms with Gasteiger partial charge < -0.3 is 24.5 Å². The number of hydrogen-bond donors (Lipinski definition) is 2. The molecule has 10 heteroatoms. The summed E-state index contributed by atoms with van der Waals surface area (Å²) in [4.78, 5) is 12.9. The van der Waals surface area contributed by atoms with Gasteiger partial charge in [-0.3, -0.25) is 0 Å². The van der Waals surface area contributed by atoms with Crippen LogP contribution in [0, 0.1) is 18.6 Å². The van der Waals surface area contributed by atoms with Crippen molar-refractivity contribution in [2.24, 2.45) is 0 Å². The van der Waals surface area contributed by atoms with E-state index in [2.05, 4.69) is 30.2 Å². The van der Waals surface area contributed by atoms with Crippen molar-refractivity contribution in [2.45, 2.75) is 39.5 Å². The summed E-state index contributed by atoms with van der Waals surface area (Å²) < 4.78 is 39.8. The van der Waals surface area contributed by atoms with E-state index in [9.17, 15) is 8.78 Å². The van der Waals surface area contributed by atoms with E-state index in [0.717, 1.165) is 49.0 Å². The SMILES string of the molecule is Cc1nc2c(F)cc(-c3nc(Nc4ccc5c(ccn5CC5CNCCO5)c4)ncc3F)cc2n1C(C)C. The van der Waals surface area contributed by atoms with Crippen molar-refractivity contribution in [1.82, 2.24) is 29.4 Å². The van der Waals surface area contributed by atoms with Gasteiger partial charge in [-0.1, -0.05) is 0 Å². The van der Waals surface area contributed by atoms with Gasteiger partial charge in [0, 0.05) is 47.5 Å². The van der Waals surface area contributed by atoms with E-state index in [0.29, 0.717) is 16.9 Å². The first kappa shape index (κ1) is 24.4. The first-order chi connectivity index (χ1) is 18.4. The lowest BCUT2D eigenvalue weighted by Gasteiger charge is -2.24. The third-order valence-corrected chi connectivity index (χ3v) is 6.89. The van der Waals surface area contributed by atoms with E-state index in [1.54, 1.807) is 6.07 Å². The summed E-state index contributed by atoms with van der Waals surface area (Å²) >= 11 is 0. The van der Waals surface area contributed by atoms with Gasteiger partial charge >= 0.3 is 0 Å². The van der Waals surface area contributed by atoms with E-state index < -0.39 is 11.6 Å². The average Bonchev–Trinajstić information content (AvgIpc) is 3.45. The summed E-state index contributed by atoms with van der Waals surface area (Å²) in [6, 6.07) is 11.1. The van der Waals surface area contributed by atoms with Crippen molar-refractivity contribution in [2.75, 3.05) is 25.0 Å². The van der Waals surface area contributed by atoms with Crippen LogP contribution >= 0.6 is 0 Å². The molecule has 0 bridgehead atoms. The Kier molecular flexibility index (Phi) is 6.29. The zero-order chi connectivity index (χ0) is 26.4. The van der Waals surface area contributed by atoms with Crippen LogP contribution in [0.25, 0.3) is 33.2 Å². The minimum absolute atomic E-state index is 0.0192.